The van der Waals surface area contributed by atoms with Crippen LogP contribution in [0.25, 0.3) is 0 Å². The Morgan fingerprint density at radius 1 is 1.29 bits per heavy atom. The van der Waals surface area contributed by atoms with Gasteiger partial charge in [-0.3, -0.25) is 20.4 Å². The molecule has 0 spiro atoms. The second-order valence-corrected chi connectivity index (χ2v) is 3.08. The molecule has 0 bridgehead atoms. The first kappa shape index (κ1) is 10.5. The lowest BCUT2D eigenvalue weighted by atomic mass is 10.2. The van der Waals surface area contributed by atoms with Crippen molar-refractivity contribution < 1.29 is 9.59 Å². The van der Waals surface area contributed by atoms with Crippen LogP contribution in [-0.4, -0.2) is 11.8 Å². The van der Waals surface area contributed by atoms with Gasteiger partial charge >= 0.3 is 0 Å². The predicted octanol–water partition coefficient (Wildman–Crippen LogP) is 1.12. The van der Waals surface area contributed by atoms with Gasteiger partial charge in [0.05, 0.1) is 0 Å². The van der Waals surface area contributed by atoms with Crippen molar-refractivity contribution in [2.24, 2.45) is 0 Å². The fourth-order valence-corrected chi connectivity index (χ4v) is 1.04. The summed E-state index contributed by atoms with van der Waals surface area (Å²) in [5, 5.41) is 0.473. The number of benzene rings is 1. The Labute approximate surface area is 86.2 Å². The topological polar surface area (TPSA) is 58.2 Å². The molecule has 0 aliphatic carbocycles. The standard InChI is InChI=1S/C9H9ClN2O2/c1-6(13)11-12-9(14)7-3-2-4-8(10)5-7/h2-5H,1H3,(H,11,13)(H,12,14). The highest BCUT2D eigenvalue weighted by atomic mass is 35.5. The zero-order chi connectivity index (χ0) is 10.6. The molecule has 0 aromatic heterocycles. The van der Waals surface area contributed by atoms with Crippen LogP contribution in [0.1, 0.15) is 17.3 Å². The first-order valence-corrected chi connectivity index (χ1v) is 4.30. The summed E-state index contributed by atoms with van der Waals surface area (Å²) < 4.78 is 0. The zero-order valence-electron chi connectivity index (χ0n) is 7.50. The fraction of sp³-hybridized carbons (Fsp3) is 0.111. The van der Waals surface area contributed by atoms with Gasteiger partial charge in [-0.15, -0.1) is 0 Å². The molecule has 0 aliphatic heterocycles. The molecule has 1 aromatic carbocycles. The molecule has 0 fully saturated rings. The molecule has 0 saturated heterocycles. The maximum Gasteiger partial charge on any atom is 0.269 e. The Bertz CT molecular complexity index is 366. The van der Waals surface area contributed by atoms with Crippen molar-refractivity contribution in [1.29, 1.82) is 0 Å². The van der Waals surface area contributed by atoms with E-state index in [-0.39, 0.29) is 5.91 Å². The molecule has 1 rings (SSSR count). The van der Waals surface area contributed by atoms with E-state index in [0.29, 0.717) is 10.6 Å². The summed E-state index contributed by atoms with van der Waals surface area (Å²) in [6, 6.07) is 6.43. The van der Waals surface area contributed by atoms with Crippen LogP contribution in [0.2, 0.25) is 5.02 Å². The van der Waals surface area contributed by atoms with Crippen molar-refractivity contribution in [3.63, 3.8) is 0 Å². The first-order valence-electron chi connectivity index (χ1n) is 3.92. The van der Waals surface area contributed by atoms with E-state index in [1.54, 1.807) is 18.2 Å². The van der Waals surface area contributed by atoms with E-state index in [1.165, 1.54) is 13.0 Å². The van der Waals surface area contributed by atoms with E-state index >= 15 is 0 Å². The van der Waals surface area contributed by atoms with Gasteiger partial charge in [0.15, 0.2) is 0 Å². The molecular formula is C9H9ClN2O2. The summed E-state index contributed by atoms with van der Waals surface area (Å²) in [5.41, 5.74) is 4.80. The average molecular weight is 213 g/mol. The molecule has 4 nitrogen and oxygen atoms in total. The number of carbonyl (C=O) groups is 2. The lowest BCUT2D eigenvalue weighted by Gasteiger charge is -2.04. The Balaban J connectivity index is 2.65. The SMILES string of the molecule is CC(=O)NNC(=O)c1cccc(Cl)c1. The van der Waals surface area contributed by atoms with Crippen LogP contribution in [0.4, 0.5) is 0 Å². The summed E-state index contributed by atoms with van der Waals surface area (Å²) in [6.45, 7) is 1.30. The van der Waals surface area contributed by atoms with Gasteiger partial charge in [-0.25, -0.2) is 0 Å². The summed E-state index contributed by atoms with van der Waals surface area (Å²) >= 11 is 5.68. The van der Waals surface area contributed by atoms with E-state index < -0.39 is 5.91 Å². The molecule has 2 amide bonds. The van der Waals surface area contributed by atoms with Crippen molar-refractivity contribution in [3.05, 3.63) is 34.9 Å². The third-order valence-electron chi connectivity index (χ3n) is 1.44. The van der Waals surface area contributed by atoms with Crippen molar-refractivity contribution in [3.8, 4) is 0 Å². The maximum atomic E-state index is 11.3. The molecule has 1 aromatic rings. The molecule has 0 radical (unpaired) electrons. The van der Waals surface area contributed by atoms with Gasteiger partial charge in [-0.2, -0.15) is 0 Å². The largest absolute Gasteiger partial charge is 0.274 e. The number of nitrogens with one attached hydrogen (secondary N) is 2. The smallest absolute Gasteiger partial charge is 0.269 e. The van der Waals surface area contributed by atoms with E-state index in [2.05, 4.69) is 10.9 Å². The van der Waals surface area contributed by atoms with Gasteiger partial charge in [0.2, 0.25) is 5.91 Å². The minimum atomic E-state index is -0.400. The highest BCUT2D eigenvalue weighted by molar-refractivity contribution is 6.30. The summed E-state index contributed by atoms with van der Waals surface area (Å²) in [5.74, 6) is -0.733. The van der Waals surface area contributed by atoms with Crippen LogP contribution in [0.15, 0.2) is 24.3 Å². The second kappa shape index (κ2) is 4.62. The van der Waals surface area contributed by atoms with E-state index in [1.807, 2.05) is 0 Å². The van der Waals surface area contributed by atoms with Gasteiger partial charge < -0.3 is 0 Å². The van der Waals surface area contributed by atoms with E-state index in [4.69, 9.17) is 11.6 Å². The number of hydrazine groups is 1. The average Bonchev–Trinajstić information content (AvgIpc) is 2.14. The van der Waals surface area contributed by atoms with Crippen LogP contribution in [0, 0.1) is 0 Å². The number of rotatable bonds is 1. The lowest BCUT2D eigenvalue weighted by Crippen LogP contribution is -2.40. The van der Waals surface area contributed by atoms with Gasteiger partial charge in [0.25, 0.3) is 5.91 Å². The van der Waals surface area contributed by atoms with Gasteiger partial charge in [0, 0.05) is 17.5 Å². The van der Waals surface area contributed by atoms with Gasteiger partial charge in [-0.05, 0) is 18.2 Å². The summed E-state index contributed by atoms with van der Waals surface area (Å²) in [6.07, 6.45) is 0. The third-order valence-corrected chi connectivity index (χ3v) is 1.67. The normalized spacial score (nSPS) is 9.29. The highest BCUT2D eigenvalue weighted by Gasteiger charge is 2.04. The summed E-state index contributed by atoms with van der Waals surface area (Å²) in [7, 11) is 0. The second-order valence-electron chi connectivity index (χ2n) is 2.65. The molecule has 0 saturated carbocycles. The quantitative estimate of drug-likeness (QED) is 0.686. The number of hydrogen-bond donors (Lipinski definition) is 2. The van der Waals surface area contributed by atoms with Crippen molar-refractivity contribution in [1.82, 2.24) is 10.9 Å². The Hall–Kier alpha value is -1.55. The van der Waals surface area contributed by atoms with Gasteiger partial charge in [-0.1, -0.05) is 17.7 Å². The van der Waals surface area contributed by atoms with Crippen molar-refractivity contribution >= 4 is 23.4 Å². The number of hydrogen-bond acceptors (Lipinski definition) is 2. The Morgan fingerprint density at radius 3 is 2.57 bits per heavy atom. The third kappa shape index (κ3) is 3.06. The van der Waals surface area contributed by atoms with Crippen molar-refractivity contribution in [2.45, 2.75) is 6.92 Å². The summed E-state index contributed by atoms with van der Waals surface area (Å²) in [4.78, 5) is 21.8. The molecule has 74 valence electrons. The van der Waals surface area contributed by atoms with E-state index in [0.717, 1.165) is 0 Å². The van der Waals surface area contributed by atoms with Crippen LogP contribution in [-0.2, 0) is 4.79 Å². The van der Waals surface area contributed by atoms with Crippen LogP contribution in [0.3, 0.4) is 0 Å². The Kier molecular flexibility index (Phi) is 3.48. The molecule has 5 heteroatoms. The van der Waals surface area contributed by atoms with Crippen LogP contribution in [0.5, 0.6) is 0 Å². The molecule has 0 aliphatic rings. The number of carbonyl (C=O) groups excluding carboxylic acids is 2. The molecule has 0 atom stereocenters. The molecule has 0 heterocycles. The number of amides is 2. The first-order chi connectivity index (χ1) is 6.59. The molecule has 0 unspecified atom stereocenters. The lowest BCUT2D eigenvalue weighted by molar-refractivity contribution is -0.119. The van der Waals surface area contributed by atoms with Gasteiger partial charge in [0.1, 0.15) is 0 Å². The highest BCUT2D eigenvalue weighted by Crippen LogP contribution is 2.09. The zero-order valence-corrected chi connectivity index (χ0v) is 8.26. The minimum Gasteiger partial charge on any atom is -0.274 e. The minimum absolute atomic E-state index is 0.333. The fourth-order valence-electron chi connectivity index (χ4n) is 0.847. The monoisotopic (exact) mass is 212 g/mol. The number of halogens is 1. The Morgan fingerprint density at radius 2 is 2.00 bits per heavy atom. The van der Waals surface area contributed by atoms with Crippen LogP contribution >= 0.6 is 11.6 Å². The predicted molar refractivity (Wildman–Crippen MR) is 52.7 cm³/mol. The molecule has 14 heavy (non-hydrogen) atoms. The molecule has 2 N–H and O–H groups in total. The van der Waals surface area contributed by atoms with E-state index in [9.17, 15) is 9.59 Å². The molecular weight excluding hydrogens is 204 g/mol. The van der Waals surface area contributed by atoms with Crippen molar-refractivity contribution in [2.75, 3.05) is 0 Å². The van der Waals surface area contributed by atoms with Crippen LogP contribution < -0.4 is 10.9 Å². The maximum absolute atomic E-state index is 11.3.